The smallest absolute Gasteiger partial charge is 0.240 e. The molecule has 1 aliphatic carbocycles. The summed E-state index contributed by atoms with van der Waals surface area (Å²) < 4.78 is 26.4. The second-order valence-corrected chi connectivity index (χ2v) is 6.12. The lowest BCUT2D eigenvalue weighted by Crippen LogP contribution is -2.25. The summed E-state index contributed by atoms with van der Waals surface area (Å²) >= 11 is 0. The summed E-state index contributed by atoms with van der Waals surface area (Å²) in [7, 11) is -3.32. The number of hydrogen-bond acceptors (Lipinski definition) is 3. The Morgan fingerprint density at radius 3 is 2.41 bits per heavy atom. The van der Waals surface area contributed by atoms with Crippen molar-refractivity contribution in [2.45, 2.75) is 24.7 Å². The molecule has 0 saturated heterocycles. The topological polar surface area (TPSA) is 58.2 Å². The van der Waals surface area contributed by atoms with Crippen molar-refractivity contribution >= 4 is 15.7 Å². The van der Waals surface area contributed by atoms with Gasteiger partial charge in [0.1, 0.15) is 0 Å². The van der Waals surface area contributed by atoms with Gasteiger partial charge in [-0.15, -0.1) is 0 Å². The third-order valence-electron chi connectivity index (χ3n) is 2.80. The lowest BCUT2D eigenvalue weighted by atomic mass is 10.3. The lowest BCUT2D eigenvalue weighted by molar-refractivity contribution is 0.577. The summed E-state index contributed by atoms with van der Waals surface area (Å²) in [4.78, 5) is 0.333. The van der Waals surface area contributed by atoms with Crippen molar-refractivity contribution in [2.24, 2.45) is 5.92 Å². The SMILES string of the molecule is CCNc1ccc(S(=O)(=O)NCC2CC2)cc1. The fourth-order valence-electron chi connectivity index (χ4n) is 1.59. The van der Waals surface area contributed by atoms with Crippen molar-refractivity contribution in [1.29, 1.82) is 0 Å². The predicted octanol–water partition coefficient (Wildman–Crippen LogP) is 1.81. The molecule has 1 aromatic rings. The van der Waals surface area contributed by atoms with E-state index in [1.54, 1.807) is 24.3 Å². The highest BCUT2D eigenvalue weighted by Gasteiger charge is 2.24. The normalized spacial score (nSPS) is 15.8. The van der Waals surface area contributed by atoms with Gasteiger partial charge in [0.15, 0.2) is 0 Å². The van der Waals surface area contributed by atoms with Crippen LogP contribution in [0.4, 0.5) is 5.69 Å². The van der Waals surface area contributed by atoms with E-state index in [9.17, 15) is 8.42 Å². The highest BCUT2D eigenvalue weighted by Crippen LogP contribution is 2.28. The molecule has 0 atom stereocenters. The average molecular weight is 254 g/mol. The monoisotopic (exact) mass is 254 g/mol. The van der Waals surface area contributed by atoms with Gasteiger partial charge in [-0.1, -0.05) is 0 Å². The number of anilines is 1. The first kappa shape index (κ1) is 12.4. The van der Waals surface area contributed by atoms with Gasteiger partial charge >= 0.3 is 0 Å². The Balaban J connectivity index is 2.03. The molecule has 0 aliphatic heterocycles. The van der Waals surface area contributed by atoms with Crippen LogP contribution in [0.3, 0.4) is 0 Å². The summed E-state index contributed by atoms with van der Waals surface area (Å²) in [6, 6.07) is 6.84. The molecule has 4 nitrogen and oxygen atoms in total. The minimum absolute atomic E-state index is 0.333. The van der Waals surface area contributed by atoms with Crippen LogP contribution < -0.4 is 10.0 Å². The Hall–Kier alpha value is -1.07. The Kier molecular flexibility index (Phi) is 3.69. The van der Waals surface area contributed by atoms with Gasteiger partial charge in [0.2, 0.25) is 10.0 Å². The first-order valence-electron chi connectivity index (χ1n) is 5.95. The third-order valence-corrected chi connectivity index (χ3v) is 4.24. The Morgan fingerprint density at radius 1 is 1.24 bits per heavy atom. The largest absolute Gasteiger partial charge is 0.385 e. The van der Waals surface area contributed by atoms with Crippen molar-refractivity contribution in [1.82, 2.24) is 4.72 Å². The van der Waals surface area contributed by atoms with Crippen LogP contribution in [0.25, 0.3) is 0 Å². The van der Waals surface area contributed by atoms with Crippen LogP contribution in [-0.2, 0) is 10.0 Å². The Morgan fingerprint density at radius 2 is 1.88 bits per heavy atom. The molecular formula is C12H18N2O2S. The molecule has 0 spiro atoms. The standard InChI is InChI=1S/C12H18N2O2S/c1-2-13-11-5-7-12(8-6-11)17(15,16)14-9-10-3-4-10/h5-8,10,13-14H,2-4,9H2,1H3. The van der Waals surface area contributed by atoms with E-state index < -0.39 is 10.0 Å². The minimum Gasteiger partial charge on any atom is -0.385 e. The molecule has 17 heavy (non-hydrogen) atoms. The molecule has 2 rings (SSSR count). The van der Waals surface area contributed by atoms with E-state index in [4.69, 9.17) is 0 Å². The zero-order chi connectivity index (χ0) is 12.3. The summed E-state index contributed by atoms with van der Waals surface area (Å²) in [6.07, 6.45) is 2.28. The second-order valence-electron chi connectivity index (χ2n) is 4.35. The van der Waals surface area contributed by atoms with Crippen molar-refractivity contribution in [3.63, 3.8) is 0 Å². The molecule has 1 aromatic carbocycles. The van der Waals surface area contributed by atoms with Gasteiger partial charge in [-0.3, -0.25) is 0 Å². The van der Waals surface area contributed by atoms with Gasteiger partial charge in [-0.25, -0.2) is 13.1 Å². The lowest BCUT2D eigenvalue weighted by Gasteiger charge is -2.07. The Bertz CT molecular complexity index is 464. The highest BCUT2D eigenvalue weighted by atomic mass is 32.2. The maximum atomic E-state index is 11.9. The third kappa shape index (κ3) is 3.44. The van der Waals surface area contributed by atoms with Gasteiger partial charge in [-0.05, 0) is 49.9 Å². The molecule has 0 aromatic heterocycles. The van der Waals surface area contributed by atoms with Crippen LogP contribution in [0.1, 0.15) is 19.8 Å². The van der Waals surface area contributed by atoms with E-state index in [1.807, 2.05) is 6.92 Å². The van der Waals surface area contributed by atoms with Crippen LogP contribution in [0, 0.1) is 5.92 Å². The van der Waals surface area contributed by atoms with Crippen LogP contribution >= 0.6 is 0 Å². The van der Waals surface area contributed by atoms with Crippen molar-refractivity contribution in [3.05, 3.63) is 24.3 Å². The molecule has 2 N–H and O–H groups in total. The van der Waals surface area contributed by atoms with Crippen molar-refractivity contribution in [3.8, 4) is 0 Å². The van der Waals surface area contributed by atoms with Crippen LogP contribution in [-0.4, -0.2) is 21.5 Å². The molecule has 0 unspecified atom stereocenters. The number of rotatable bonds is 6. The van der Waals surface area contributed by atoms with E-state index in [2.05, 4.69) is 10.0 Å². The minimum atomic E-state index is -3.32. The predicted molar refractivity (Wildman–Crippen MR) is 68.5 cm³/mol. The van der Waals surface area contributed by atoms with Crippen molar-refractivity contribution < 1.29 is 8.42 Å². The van der Waals surface area contributed by atoms with Crippen LogP contribution in [0.15, 0.2) is 29.2 Å². The maximum absolute atomic E-state index is 11.9. The average Bonchev–Trinajstić information content (AvgIpc) is 3.12. The fourth-order valence-corrected chi connectivity index (χ4v) is 2.71. The van der Waals surface area contributed by atoms with E-state index in [-0.39, 0.29) is 0 Å². The fraction of sp³-hybridized carbons (Fsp3) is 0.500. The molecule has 1 aliphatic rings. The van der Waals surface area contributed by atoms with Gasteiger partial charge in [0.05, 0.1) is 4.90 Å². The summed E-state index contributed by atoms with van der Waals surface area (Å²) in [5.74, 6) is 0.547. The van der Waals surface area contributed by atoms with E-state index in [0.717, 1.165) is 25.1 Å². The molecule has 0 radical (unpaired) electrons. The summed E-state index contributed by atoms with van der Waals surface area (Å²) in [5, 5.41) is 3.13. The molecule has 1 fully saturated rings. The molecule has 0 heterocycles. The van der Waals surface area contributed by atoms with Gasteiger partial charge in [0, 0.05) is 18.8 Å². The number of benzene rings is 1. The molecule has 0 bridgehead atoms. The quantitative estimate of drug-likeness (QED) is 0.814. The van der Waals surface area contributed by atoms with Gasteiger partial charge < -0.3 is 5.32 Å². The zero-order valence-corrected chi connectivity index (χ0v) is 10.8. The Labute approximate surface area is 102 Å². The summed E-state index contributed by atoms with van der Waals surface area (Å²) in [5.41, 5.74) is 0.939. The zero-order valence-electron chi connectivity index (χ0n) is 9.94. The first-order chi connectivity index (χ1) is 8.12. The van der Waals surface area contributed by atoms with Crippen LogP contribution in [0.2, 0.25) is 0 Å². The maximum Gasteiger partial charge on any atom is 0.240 e. The van der Waals surface area contributed by atoms with Crippen LogP contribution in [0.5, 0.6) is 0 Å². The number of nitrogens with one attached hydrogen (secondary N) is 2. The van der Waals surface area contributed by atoms with E-state index in [1.165, 1.54) is 0 Å². The molecule has 1 saturated carbocycles. The van der Waals surface area contributed by atoms with E-state index >= 15 is 0 Å². The molecule has 0 amide bonds. The summed E-state index contributed by atoms with van der Waals surface area (Å²) in [6.45, 7) is 3.39. The molecule has 94 valence electrons. The second kappa shape index (κ2) is 5.06. The number of hydrogen-bond donors (Lipinski definition) is 2. The highest BCUT2D eigenvalue weighted by molar-refractivity contribution is 7.89. The molecule has 5 heteroatoms. The van der Waals surface area contributed by atoms with Gasteiger partial charge in [0.25, 0.3) is 0 Å². The first-order valence-corrected chi connectivity index (χ1v) is 7.44. The molecular weight excluding hydrogens is 236 g/mol. The van der Waals surface area contributed by atoms with Crippen molar-refractivity contribution in [2.75, 3.05) is 18.4 Å². The van der Waals surface area contributed by atoms with E-state index in [0.29, 0.717) is 17.4 Å². The number of sulfonamides is 1. The van der Waals surface area contributed by atoms with Gasteiger partial charge in [-0.2, -0.15) is 0 Å².